The molecule has 3 aromatic rings. The van der Waals surface area contributed by atoms with Crippen LogP contribution in [0.15, 0.2) is 52.3 Å². The Labute approximate surface area is 217 Å². The second kappa shape index (κ2) is 9.71. The van der Waals surface area contributed by atoms with E-state index < -0.39 is 0 Å². The fraction of sp³-hybridized carbons (Fsp3) is 0.385. The maximum absolute atomic E-state index is 12.5. The third-order valence-corrected chi connectivity index (χ3v) is 8.15. The molecule has 0 bridgehead atoms. The summed E-state index contributed by atoms with van der Waals surface area (Å²) in [5.41, 5.74) is 2.90. The van der Waals surface area contributed by atoms with Crippen LogP contribution in [0.5, 0.6) is 5.75 Å². The van der Waals surface area contributed by atoms with E-state index in [1.807, 2.05) is 36.4 Å². The molecule has 2 fully saturated rings. The van der Waals surface area contributed by atoms with Gasteiger partial charge in [-0.25, -0.2) is 9.78 Å². The van der Waals surface area contributed by atoms with Gasteiger partial charge in [0.2, 0.25) is 5.91 Å². The molecule has 0 aliphatic carbocycles. The number of carbonyl (C=O) groups is 2. The van der Waals surface area contributed by atoms with Gasteiger partial charge in [0.25, 0.3) is 5.56 Å². The third kappa shape index (κ3) is 4.76. The molecule has 192 valence electrons. The van der Waals surface area contributed by atoms with Gasteiger partial charge in [0, 0.05) is 48.7 Å². The monoisotopic (exact) mass is 521 g/mol. The van der Waals surface area contributed by atoms with Crippen molar-refractivity contribution in [2.24, 2.45) is 5.92 Å². The van der Waals surface area contributed by atoms with Gasteiger partial charge in [-0.3, -0.25) is 14.5 Å². The first kappa shape index (κ1) is 23.8. The highest BCUT2D eigenvalue weighted by molar-refractivity contribution is 8.00. The van der Waals surface area contributed by atoms with Crippen molar-refractivity contribution in [3.05, 3.63) is 52.9 Å². The molecule has 0 saturated carbocycles. The lowest BCUT2D eigenvalue weighted by atomic mass is 9.99. The topological polar surface area (TPSA) is 106 Å². The van der Waals surface area contributed by atoms with Crippen LogP contribution in [0.25, 0.3) is 11.0 Å². The molecular formula is C26H27N5O5S. The standard InChI is InChI=1S/C26H27N5O5S/c1-35-18-3-4-20-22(9-18)31(25(33)10-27-20)13-16-11-29(12-16)7-6-19-14-30(26(34)36-19)17-2-5-23-21(8-17)28-24(32)15-37-23/h2-5,8-10,16,19H,6-7,11-15H2,1H3,(H,28,32)/t19-/m1/s1. The van der Waals surface area contributed by atoms with E-state index in [4.69, 9.17) is 9.47 Å². The molecule has 0 spiro atoms. The van der Waals surface area contributed by atoms with E-state index in [-0.39, 0.29) is 23.7 Å². The summed E-state index contributed by atoms with van der Waals surface area (Å²) in [6.07, 6.45) is 1.56. The number of nitrogens with one attached hydrogen (secondary N) is 1. The van der Waals surface area contributed by atoms with E-state index in [1.165, 1.54) is 18.0 Å². The minimum Gasteiger partial charge on any atom is -0.497 e. The fourth-order valence-electron chi connectivity index (χ4n) is 5.14. The van der Waals surface area contributed by atoms with Crippen molar-refractivity contribution < 1.29 is 19.1 Å². The highest BCUT2D eigenvalue weighted by Gasteiger charge is 2.35. The molecule has 3 aliphatic heterocycles. The minimum absolute atomic E-state index is 0.0360. The Bertz CT molecular complexity index is 1440. The summed E-state index contributed by atoms with van der Waals surface area (Å²) >= 11 is 1.49. The number of nitrogens with zero attached hydrogens (tertiary/aromatic N) is 4. The van der Waals surface area contributed by atoms with E-state index in [2.05, 4.69) is 15.2 Å². The molecule has 2 saturated heterocycles. The molecule has 0 unspecified atom stereocenters. The summed E-state index contributed by atoms with van der Waals surface area (Å²) in [5.74, 6) is 1.43. The lowest BCUT2D eigenvalue weighted by Gasteiger charge is -2.40. The lowest BCUT2D eigenvalue weighted by molar-refractivity contribution is -0.113. The van der Waals surface area contributed by atoms with Gasteiger partial charge in [-0.2, -0.15) is 0 Å². The quantitative estimate of drug-likeness (QED) is 0.506. The van der Waals surface area contributed by atoms with Gasteiger partial charge in [-0.15, -0.1) is 11.8 Å². The first-order valence-electron chi connectivity index (χ1n) is 12.3. The molecule has 37 heavy (non-hydrogen) atoms. The summed E-state index contributed by atoms with van der Waals surface area (Å²) in [6.45, 7) is 3.69. The number of thioether (sulfide) groups is 1. The second-order valence-electron chi connectivity index (χ2n) is 9.61. The predicted molar refractivity (Wildman–Crippen MR) is 141 cm³/mol. The van der Waals surface area contributed by atoms with Gasteiger partial charge in [0.05, 0.1) is 42.3 Å². The summed E-state index contributed by atoms with van der Waals surface area (Å²) in [6, 6.07) is 11.2. The zero-order valence-electron chi connectivity index (χ0n) is 20.4. The number of ether oxygens (including phenoxy) is 2. The van der Waals surface area contributed by atoms with Gasteiger partial charge in [0.15, 0.2) is 0 Å². The highest BCUT2D eigenvalue weighted by atomic mass is 32.2. The number of carbonyl (C=O) groups excluding carboxylic acids is 2. The zero-order valence-corrected chi connectivity index (χ0v) is 21.2. The van der Waals surface area contributed by atoms with Crippen molar-refractivity contribution in [3.63, 3.8) is 0 Å². The maximum Gasteiger partial charge on any atom is 0.414 e. The Kier molecular flexibility index (Phi) is 6.25. The van der Waals surface area contributed by atoms with Crippen molar-refractivity contribution in [1.29, 1.82) is 0 Å². The van der Waals surface area contributed by atoms with Crippen LogP contribution in [-0.4, -0.2) is 71.6 Å². The number of cyclic esters (lactones) is 1. The van der Waals surface area contributed by atoms with Gasteiger partial charge >= 0.3 is 6.09 Å². The van der Waals surface area contributed by atoms with Crippen LogP contribution < -0.4 is 20.5 Å². The number of aromatic nitrogens is 2. The van der Waals surface area contributed by atoms with E-state index >= 15 is 0 Å². The first-order valence-corrected chi connectivity index (χ1v) is 13.3. The number of benzene rings is 2. The first-order chi connectivity index (χ1) is 18.0. The summed E-state index contributed by atoms with van der Waals surface area (Å²) in [5, 5.41) is 2.87. The third-order valence-electron chi connectivity index (χ3n) is 7.08. The van der Waals surface area contributed by atoms with Crippen LogP contribution in [0, 0.1) is 5.92 Å². The Morgan fingerprint density at radius 1 is 1.14 bits per heavy atom. The molecule has 1 aromatic heterocycles. The molecule has 0 radical (unpaired) electrons. The fourth-order valence-corrected chi connectivity index (χ4v) is 5.93. The van der Waals surface area contributed by atoms with Gasteiger partial charge in [-0.1, -0.05) is 0 Å². The number of rotatable bonds is 7. The van der Waals surface area contributed by atoms with Crippen LogP contribution >= 0.6 is 11.8 Å². The van der Waals surface area contributed by atoms with Crippen LogP contribution in [-0.2, 0) is 16.1 Å². The SMILES string of the molecule is COc1ccc2ncc(=O)n(CC3CN(CC[C@@H]4CN(c5ccc6c(c5)NC(=O)CS6)C(=O)O4)C3)c2c1. The maximum atomic E-state index is 12.5. The summed E-state index contributed by atoms with van der Waals surface area (Å²) in [4.78, 5) is 46.0. The minimum atomic E-state index is -0.361. The Morgan fingerprint density at radius 3 is 2.84 bits per heavy atom. The number of likely N-dealkylation sites (tertiary alicyclic amines) is 1. The Morgan fingerprint density at radius 2 is 2.00 bits per heavy atom. The Balaban J connectivity index is 1.02. The highest BCUT2D eigenvalue weighted by Crippen LogP contribution is 2.35. The summed E-state index contributed by atoms with van der Waals surface area (Å²) in [7, 11) is 1.61. The number of methoxy groups -OCH3 is 1. The molecule has 6 rings (SSSR count). The van der Waals surface area contributed by atoms with Crippen molar-refractivity contribution in [1.82, 2.24) is 14.5 Å². The van der Waals surface area contributed by atoms with Gasteiger partial charge in [0.1, 0.15) is 11.9 Å². The zero-order chi connectivity index (χ0) is 25.5. The van der Waals surface area contributed by atoms with Crippen LogP contribution in [0.3, 0.4) is 0 Å². The molecule has 4 heterocycles. The number of anilines is 2. The number of fused-ring (bicyclic) bond motifs is 2. The van der Waals surface area contributed by atoms with Gasteiger partial charge < -0.3 is 24.3 Å². The molecule has 3 aliphatic rings. The molecule has 1 atom stereocenters. The van der Waals surface area contributed by atoms with Crippen molar-refractivity contribution in [3.8, 4) is 5.75 Å². The number of hydrogen-bond acceptors (Lipinski definition) is 8. The Hall–Kier alpha value is -3.57. The van der Waals surface area contributed by atoms with E-state index in [9.17, 15) is 14.4 Å². The van der Waals surface area contributed by atoms with Crippen molar-refractivity contribution >= 4 is 46.2 Å². The van der Waals surface area contributed by atoms with E-state index in [1.54, 1.807) is 16.6 Å². The average molecular weight is 522 g/mol. The van der Waals surface area contributed by atoms with Gasteiger partial charge in [-0.05, 0) is 36.8 Å². The molecule has 11 heteroatoms. The molecule has 10 nitrogen and oxygen atoms in total. The second-order valence-corrected chi connectivity index (χ2v) is 10.6. The summed E-state index contributed by atoms with van der Waals surface area (Å²) < 4.78 is 12.7. The normalized spacial score (nSPS) is 19.9. The van der Waals surface area contributed by atoms with Crippen LogP contribution in [0.2, 0.25) is 0 Å². The van der Waals surface area contributed by atoms with Crippen LogP contribution in [0.1, 0.15) is 6.42 Å². The lowest BCUT2D eigenvalue weighted by Crippen LogP contribution is -2.50. The number of hydrogen-bond donors (Lipinski definition) is 1. The largest absolute Gasteiger partial charge is 0.497 e. The average Bonchev–Trinajstić information content (AvgIpc) is 3.25. The smallest absolute Gasteiger partial charge is 0.414 e. The predicted octanol–water partition coefficient (Wildman–Crippen LogP) is 2.80. The molecule has 2 amide bonds. The molecule has 2 aromatic carbocycles. The van der Waals surface area contributed by atoms with Crippen molar-refractivity contribution in [2.75, 3.05) is 49.3 Å². The number of amides is 2. The molecular weight excluding hydrogens is 494 g/mol. The van der Waals surface area contributed by atoms with E-state index in [0.29, 0.717) is 30.5 Å². The molecule has 1 N–H and O–H groups in total. The van der Waals surface area contributed by atoms with Crippen LogP contribution in [0.4, 0.5) is 16.2 Å². The van der Waals surface area contributed by atoms with E-state index in [0.717, 1.165) is 53.4 Å². The van der Waals surface area contributed by atoms with Crippen molar-refractivity contribution in [2.45, 2.75) is 24.0 Å².